The average Bonchev–Trinajstić information content (AvgIpc) is 2.40. The molecular weight excluding hydrogens is 334 g/mol. The zero-order valence-corrected chi connectivity index (χ0v) is 12.8. The Hall–Kier alpha value is -1.27. The van der Waals surface area contributed by atoms with E-state index in [0.29, 0.717) is 17.1 Å². The largest absolute Gasteiger partial charge is 0.409 e. The van der Waals surface area contributed by atoms with Gasteiger partial charge in [-0.3, -0.25) is 4.79 Å². The molecule has 0 saturated carbocycles. The molecule has 0 saturated heterocycles. The molecule has 7 heteroatoms. The molecule has 104 valence electrons. The van der Waals surface area contributed by atoms with E-state index in [4.69, 9.17) is 22.5 Å². The molecule has 0 heterocycles. The maximum Gasteiger partial charge on any atom is 0.254 e. The first-order valence-electron chi connectivity index (χ1n) is 5.70. The molecule has 1 aromatic carbocycles. The highest BCUT2D eigenvalue weighted by Gasteiger charge is 2.17. The summed E-state index contributed by atoms with van der Waals surface area (Å²) in [6.45, 7) is 2.54. The van der Waals surface area contributed by atoms with E-state index in [9.17, 15) is 4.79 Å². The van der Waals surface area contributed by atoms with Gasteiger partial charge in [-0.15, -0.1) is 0 Å². The van der Waals surface area contributed by atoms with Crippen LogP contribution in [0.1, 0.15) is 23.7 Å². The van der Waals surface area contributed by atoms with Crippen molar-refractivity contribution in [3.63, 3.8) is 0 Å². The van der Waals surface area contributed by atoms with Gasteiger partial charge in [0.25, 0.3) is 5.91 Å². The Kier molecular flexibility index (Phi) is 6.11. The topological polar surface area (TPSA) is 78.9 Å². The van der Waals surface area contributed by atoms with Gasteiger partial charge in [0.1, 0.15) is 0 Å². The van der Waals surface area contributed by atoms with Gasteiger partial charge in [-0.2, -0.15) is 0 Å². The summed E-state index contributed by atoms with van der Waals surface area (Å²) in [5.41, 5.74) is 5.91. The molecule has 0 aliphatic carbocycles. The number of nitrogens with two attached hydrogens (primary N) is 1. The molecular formula is C12H15BrClN3O2. The van der Waals surface area contributed by atoms with Gasteiger partial charge in [0, 0.05) is 16.6 Å². The maximum atomic E-state index is 12.3. The first-order chi connectivity index (χ1) is 8.99. The summed E-state index contributed by atoms with van der Waals surface area (Å²) in [4.78, 5) is 13.8. The highest BCUT2D eigenvalue weighted by molar-refractivity contribution is 9.10. The van der Waals surface area contributed by atoms with Crippen LogP contribution in [-0.4, -0.2) is 34.9 Å². The van der Waals surface area contributed by atoms with E-state index in [1.54, 1.807) is 18.2 Å². The fourth-order valence-corrected chi connectivity index (χ4v) is 1.99. The van der Waals surface area contributed by atoms with Crippen molar-refractivity contribution >= 4 is 39.3 Å². The van der Waals surface area contributed by atoms with Gasteiger partial charge in [0.15, 0.2) is 5.84 Å². The SMILES string of the molecule is CCCN(C/C(N)=N/O)C(=O)c1ccc(Br)c(Cl)c1. The lowest BCUT2D eigenvalue weighted by Crippen LogP contribution is -2.39. The minimum absolute atomic E-state index is 0.00925. The van der Waals surface area contributed by atoms with Crippen molar-refractivity contribution in [1.29, 1.82) is 0 Å². The minimum atomic E-state index is -0.206. The zero-order chi connectivity index (χ0) is 14.4. The van der Waals surface area contributed by atoms with Gasteiger partial charge in [0.2, 0.25) is 0 Å². The molecule has 0 radical (unpaired) electrons. The van der Waals surface area contributed by atoms with Crippen LogP contribution in [0.5, 0.6) is 0 Å². The number of nitrogens with zero attached hydrogens (tertiary/aromatic N) is 2. The standard InChI is InChI=1S/C12H15BrClN3O2/c1-2-5-17(7-11(15)16-19)12(18)8-3-4-9(13)10(14)6-8/h3-4,6,19H,2,5,7H2,1H3,(H2,15,16). The van der Waals surface area contributed by atoms with Crippen LogP contribution in [0.15, 0.2) is 27.8 Å². The Bertz CT molecular complexity index is 494. The second kappa shape index (κ2) is 7.35. The third-order valence-corrected chi connectivity index (χ3v) is 3.66. The molecule has 3 N–H and O–H groups in total. The highest BCUT2D eigenvalue weighted by atomic mass is 79.9. The van der Waals surface area contributed by atoms with Crippen LogP contribution in [0.3, 0.4) is 0 Å². The quantitative estimate of drug-likeness (QED) is 0.372. The van der Waals surface area contributed by atoms with Crippen molar-refractivity contribution in [2.24, 2.45) is 10.9 Å². The number of oxime groups is 1. The van der Waals surface area contributed by atoms with E-state index in [0.717, 1.165) is 10.9 Å². The molecule has 0 fully saturated rings. The lowest BCUT2D eigenvalue weighted by Gasteiger charge is -2.21. The van der Waals surface area contributed by atoms with Crippen LogP contribution in [0.4, 0.5) is 0 Å². The number of halogens is 2. The summed E-state index contributed by atoms with van der Waals surface area (Å²) in [5.74, 6) is -0.215. The van der Waals surface area contributed by atoms with Crippen molar-refractivity contribution in [2.75, 3.05) is 13.1 Å². The van der Waals surface area contributed by atoms with Crippen LogP contribution in [0.25, 0.3) is 0 Å². The van der Waals surface area contributed by atoms with Gasteiger partial charge >= 0.3 is 0 Å². The summed E-state index contributed by atoms with van der Waals surface area (Å²) < 4.78 is 0.726. The van der Waals surface area contributed by atoms with E-state index < -0.39 is 0 Å². The molecule has 0 unspecified atom stereocenters. The maximum absolute atomic E-state index is 12.3. The van der Waals surface area contributed by atoms with Crippen LogP contribution in [-0.2, 0) is 0 Å². The van der Waals surface area contributed by atoms with Crippen LogP contribution < -0.4 is 5.73 Å². The highest BCUT2D eigenvalue weighted by Crippen LogP contribution is 2.23. The lowest BCUT2D eigenvalue weighted by molar-refractivity contribution is 0.0778. The number of carbonyl (C=O) groups is 1. The predicted molar refractivity (Wildman–Crippen MR) is 78.8 cm³/mol. The van der Waals surface area contributed by atoms with E-state index >= 15 is 0 Å². The molecule has 0 spiro atoms. The van der Waals surface area contributed by atoms with Gasteiger partial charge in [-0.25, -0.2) is 0 Å². The number of amides is 1. The molecule has 1 amide bonds. The van der Waals surface area contributed by atoms with E-state index in [1.165, 1.54) is 4.90 Å². The lowest BCUT2D eigenvalue weighted by atomic mass is 10.2. The number of rotatable bonds is 5. The Morgan fingerprint density at radius 1 is 1.58 bits per heavy atom. The summed E-state index contributed by atoms with van der Waals surface area (Å²) in [5, 5.41) is 11.9. The van der Waals surface area contributed by atoms with Crippen molar-refractivity contribution in [3.05, 3.63) is 33.3 Å². The summed E-state index contributed by atoms with van der Waals surface area (Å²) >= 11 is 9.24. The molecule has 0 aliphatic rings. The third kappa shape index (κ3) is 4.40. The summed E-state index contributed by atoms with van der Waals surface area (Å²) in [7, 11) is 0. The number of amidine groups is 1. The van der Waals surface area contributed by atoms with Gasteiger partial charge in [-0.1, -0.05) is 23.7 Å². The molecule has 19 heavy (non-hydrogen) atoms. The van der Waals surface area contributed by atoms with Crippen molar-refractivity contribution in [1.82, 2.24) is 4.90 Å². The number of hydrogen-bond acceptors (Lipinski definition) is 3. The Labute approximate surface area is 125 Å². The molecule has 0 atom stereocenters. The first-order valence-corrected chi connectivity index (χ1v) is 6.87. The fourth-order valence-electron chi connectivity index (χ4n) is 1.56. The van der Waals surface area contributed by atoms with Crippen LogP contribution >= 0.6 is 27.5 Å². The number of carbonyl (C=O) groups excluding carboxylic acids is 1. The Balaban J connectivity index is 2.95. The second-order valence-electron chi connectivity index (χ2n) is 3.95. The molecule has 0 aliphatic heterocycles. The van der Waals surface area contributed by atoms with Crippen molar-refractivity contribution in [3.8, 4) is 0 Å². The monoisotopic (exact) mass is 347 g/mol. The van der Waals surface area contributed by atoms with Crippen molar-refractivity contribution < 1.29 is 10.0 Å². The molecule has 1 rings (SSSR count). The van der Waals surface area contributed by atoms with E-state index in [-0.39, 0.29) is 18.3 Å². The summed E-state index contributed by atoms with van der Waals surface area (Å²) in [6.07, 6.45) is 0.773. The predicted octanol–water partition coefficient (Wildman–Crippen LogP) is 2.70. The van der Waals surface area contributed by atoms with Crippen LogP contribution in [0.2, 0.25) is 5.02 Å². The summed E-state index contributed by atoms with van der Waals surface area (Å²) in [6, 6.07) is 4.97. The number of benzene rings is 1. The first kappa shape index (κ1) is 15.8. The Morgan fingerprint density at radius 3 is 2.79 bits per heavy atom. The van der Waals surface area contributed by atoms with Gasteiger partial charge < -0.3 is 15.8 Å². The fraction of sp³-hybridized carbons (Fsp3) is 0.333. The zero-order valence-electron chi connectivity index (χ0n) is 10.4. The Morgan fingerprint density at radius 2 is 2.26 bits per heavy atom. The van der Waals surface area contributed by atoms with Gasteiger partial charge in [-0.05, 0) is 40.5 Å². The molecule has 0 bridgehead atoms. The van der Waals surface area contributed by atoms with Crippen LogP contribution in [0, 0.1) is 0 Å². The molecule has 1 aromatic rings. The normalized spacial score (nSPS) is 11.4. The smallest absolute Gasteiger partial charge is 0.254 e. The minimum Gasteiger partial charge on any atom is -0.409 e. The number of hydrogen-bond donors (Lipinski definition) is 2. The second-order valence-corrected chi connectivity index (χ2v) is 5.21. The molecule has 5 nitrogen and oxygen atoms in total. The third-order valence-electron chi connectivity index (χ3n) is 2.43. The average molecular weight is 349 g/mol. The van der Waals surface area contributed by atoms with Gasteiger partial charge in [0.05, 0.1) is 11.6 Å². The molecule has 0 aromatic heterocycles. The van der Waals surface area contributed by atoms with Crippen molar-refractivity contribution in [2.45, 2.75) is 13.3 Å². The van der Waals surface area contributed by atoms with E-state index in [1.807, 2.05) is 6.92 Å². The van der Waals surface area contributed by atoms with E-state index in [2.05, 4.69) is 21.1 Å².